The van der Waals surface area contributed by atoms with Gasteiger partial charge in [-0.05, 0) is 70.4 Å². The Morgan fingerprint density at radius 2 is 1.73 bits per heavy atom. The zero-order chi connectivity index (χ0) is 22.2. The second kappa shape index (κ2) is 8.96. The van der Waals surface area contributed by atoms with Gasteiger partial charge in [-0.2, -0.15) is 0 Å². The van der Waals surface area contributed by atoms with Gasteiger partial charge in [-0.1, -0.05) is 0 Å². The number of amides is 1. The number of carbonyl (C=O) groups is 1. The van der Waals surface area contributed by atoms with E-state index < -0.39 is 39.2 Å². The third-order valence-electron chi connectivity index (χ3n) is 6.14. The Hall–Kier alpha value is -1.45. The summed E-state index contributed by atoms with van der Waals surface area (Å²) in [5.74, 6) is -3.21. The zero-order valence-electron chi connectivity index (χ0n) is 17.6. The number of carbonyl (C=O) groups excluding carboxylic acids is 1. The van der Waals surface area contributed by atoms with Crippen LogP contribution in [0.3, 0.4) is 0 Å². The van der Waals surface area contributed by atoms with E-state index in [-0.39, 0.29) is 42.4 Å². The van der Waals surface area contributed by atoms with Crippen molar-refractivity contribution in [2.24, 2.45) is 11.7 Å². The third-order valence-corrected chi connectivity index (χ3v) is 7.77. The van der Waals surface area contributed by atoms with E-state index in [1.54, 1.807) is 0 Å². The minimum Gasteiger partial charge on any atom is -0.336 e. The molecule has 2 aliphatic rings. The standard InChI is InChI=1S/C21H30F3N3O2S/c1-21(2,3)30(29)26-19(9-12-8-17(23)18(24)10-16(12)22)13-6-14-4-5-15(7-13)27(14)20(28)11-25/h8,10,13-15,19,26H,4-7,9,11,25H2,1-3H3/t13?,14?,15?,19-,30+/m1/s1. The van der Waals surface area contributed by atoms with Gasteiger partial charge < -0.3 is 10.6 Å². The van der Waals surface area contributed by atoms with E-state index in [2.05, 4.69) is 4.72 Å². The summed E-state index contributed by atoms with van der Waals surface area (Å²) < 4.78 is 56.8. The highest BCUT2D eigenvalue weighted by atomic mass is 32.2. The highest BCUT2D eigenvalue weighted by Crippen LogP contribution is 2.40. The van der Waals surface area contributed by atoms with Crippen molar-refractivity contribution in [3.63, 3.8) is 0 Å². The minimum absolute atomic E-state index is 0.0168. The summed E-state index contributed by atoms with van der Waals surface area (Å²) in [5.41, 5.74) is 5.60. The quantitative estimate of drug-likeness (QED) is 0.662. The van der Waals surface area contributed by atoms with E-state index in [1.165, 1.54) is 0 Å². The number of halogens is 3. The lowest BCUT2D eigenvalue weighted by molar-refractivity contribution is -0.135. The zero-order valence-corrected chi connectivity index (χ0v) is 18.4. The van der Waals surface area contributed by atoms with Crippen molar-refractivity contribution in [2.45, 2.75) is 75.7 Å². The molecule has 30 heavy (non-hydrogen) atoms. The van der Waals surface area contributed by atoms with Gasteiger partial charge in [0.25, 0.3) is 0 Å². The molecule has 168 valence electrons. The van der Waals surface area contributed by atoms with Gasteiger partial charge in [0.2, 0.25) is 5.91 Å². The molecule has 4 atom stereocenters. The van der Waals surface area contributed by atoms with E-state index in [1.807, 2.05) is 25.7 Å². The number of nitrogens with zero attached hydrogens (tertiary/aromatic N) is 1. The molecule has 2 heterocycles. The fourth-order valence-electron chi connectivity index (χ4n) is 4.64. The smallest absolute Gasteiger partial charge is 0.236 e. The molecule has 2 bridgehead atoms. The van der Waals surface area contributed by atoms with Crippen LogP contribution in [-0.4, -0.2) is 44.4 Å². The summed E-state index contributed by atoms with van der Waals surface area (Å²) in [6.07, 6.45) is 3.18. The third kappa shape index (κ3) is 4.89. The molecular weight excluding hydrogens is 415 g/mol. The molecule has 9 heteroatoms. The number of fused-ring (bicyclic) bond motifs is 2. The summed E-state index contributed by atoms with van der Waals surface area (Å²) in [5, 5.41) is 0. The van der Waals surface area contributed by atoms with Crippen molar-refractivity contribution in [1.29, 1.82) is 0 Å². The van der Waals surface area contributed by atoms with E-state index >= 15 is 0 Å². The number of nitrogens with one attached hydrogen (secondary N) is 1. The molecule has 3 N–H and O–H groups in total. The van der Waals surface area contributed by atoms with Crippen LogP contribution in [0.1, 0.15) is 52.0 Å². The maximum atomic E-state index is 14.3. The number of nitrogens with two attached hydrogens (primary N) is 1. The first kappa shape index (κ1) is 23.2. The molecule has 0 saturated carbocycles. The van der Waals surface area contributed by atoms with Crippen LogP contribution in [0, 0.1) is 23.4 Å². The van der Waals surface area contributed by atoms with Crippen molar-refractivity contribution in [1.82, 2.24) is 9.62 Å². The van der Waals surface area contributed by atoms with E-state index in [0.29, 0.717) is 18.9 Å². The van der Waals surface area contributed by atoms with Crippen LogP contribution in [0.25, 0.3) is 0 Å². The first-order chi connectivity index (χ1) is 14.0. The van der Waals surface area contributed by atoms with E-state index in [9.17, 15) is 22.2 Å². The largest absolute Gasteiger partial charge is 0.336 e. The molecule has 1 aromatic rings. The number of hydrogen-bond donors (Lipinski definition) is 2. The summed E-state index contributed by atoms with van der Waals surface area (Å²) >= 11 is 0. The maximum Gasteiger partial charge on any atom is 0.236 e. The topological polar surface area (TPSA) is 75.4 Å². The van der Waals surface area contributed by atoms with E-state index in [0.717, 1.165) is 18.9 Å². The summed E-state index contributed by atoms with van der Waals surface area (Å²) in [7, 11) is -1.42. The first-order valence-corrected chi connectivity index (χ1v) is 11.5. The number of hydrogen-bond acceptors (Lipinski definition) is 3. The Morgan fingerprint density at radius 3 is 2.27 bits per heavy atom. The van der Waals surface area contributed by atoms with Crippen LogP contribution in [0.15, 0.2) is 12.1 Å². The maximum absolute atomic E-state index is 14.3. The second-order valence-electron chi connectivity index (χ2n) is 9.29. The molecule has 0 radical (unpaired) electrons. The molecule has 1 amide bonds. The predicted octanol–water partition coefficient (Wildman–Crippen LogP) is 2.80. The fraction of sp³-hybridized carbons (Fsp3) is 0.667. The first-order valence-electron chi connectivity index (χ1n) is 10.3. The average Bonchev–Trinajstić information content (AvgIpc) is 2.93. The Morgan fingerprint density at radius 1 is 1.17 bits per heavy atom. The van der Waals surface area contributed by atoms with Gasteiger partial charge in [0.15, 0.2) is 11.6 Å². The Kier molecular flexibility index (Phi) is 6.94. The summed E-state index contributed by atoms with van der Waals surface area (Å²) in [6, 6.07) is 1.12. The Labute approximate surface area is 178 Å². The highest BCUT2D eigenvalue weighted by Gasteiger charge is 2.45. The minimum atomic E-state index is -1.42. The molecule has 0 aliphatic carbocycles. The number of rotatable bonds is 6. The summed E-state index contributed by atoms with van der Waals surface area (Å²) in [4.78, 5) is 14.1. The predicted molar refractivity (Wildman–Crippen MR) is 110 cm³/mol. The highest BCUT2D eigenvalue weighted by molar-refractivity contribution is 7.84. The van der Waals surface area contributed by atoms with Crippen LogP contribution >= 0.6 is 0 Å². The van der Waals surface area contributed by atoms with Crippen molar-refractivity contribution in [2.75, 3.05) is 6.54 Å². The molecule has 1 aromatic carbocycles. The number of piperidine rings is 1. The molecule has 2 unspecified atom stereocenters. The molecule has 2 fully saturated rings. The molecule has 2 aliphatic heterocycles. The van der Waals surface area contributed by atoms with Gasteiger partial charge in [0.05, 0.1) is 22.3 Å². The lowest BCUT2D eigenvalue weighted by Crippen LogP contribution is -2.53. The van der Waals surface area contributed by atoms with Gasteiger partial charge in [-0.25, -0.2) is 22.1 Å². The fourth-order valence-corrected chi connectivity index (χ4v) is 5.54. The molecule has 0 aromatic heterocycles. The lowest BCUT2D eigenvalue weighted by atomic mass is 9.82. The van der Waals surface area contributed by atoms with Crippen LogP contribution in [0.2, 0.25) is 0 Å². The van der Waals surface area contributed by atoms with Gasteiger partial charge in [-0.3, -0.25) is 4.79 Å². The van der Waals surface area contributed by atoms with Crippen molar-refractivity contribution < 1.29 is 22.2 Å². The summed E-state index contributed by atoms with van der Waals surface area (Å²) in [6.45, 7) is 5.46. The van der Waals surface area contributed by atoms with Crippen molar-refractivity contribution >= 4 is 16.9 Å². The average molecular weight is 446 g/mol. The number of benzene rings is 1. The molecular formula is C21H30F3N3O2S. The van der Waals surface area contributed by atoms with Crippen molar-refractivity contribution in [3.05, 3.63) is 35.1 Å². The Bertz CT molecular complexity index is 816. The monoisotopic (exact) mass is 445 g/mol. The van der Waals surface area contributed by atoms with Gasteiger partial charge in [0.1, 0.15) is 5.82 Å². The van der Waals surface area contributed by atoms with Gasteiger partial charge in [0, 0.05) is 24.2 Å². The second-order valence-corrected chi connectivity index (χ2v) is 11.3. The van der Waals surface area contributed by atoms with Crippen LogP contribution < -0.4 is 10.5 Å². The molecule has 3 rings (SSSR count). The van der Waals surface area contributed by atoms with E-state index in [4.69, 9.17) is 5.73 Å². The Balaban J connectivity index is 1.85. The van der Waals surface area contributed by atoms with Gasteiger partial charge >= 0.3 is 0 Å². The molecule has 5 nitrogen and oxygen atoms in total. The van der Waals surface area contributed by atoms with Gasteiger partial charge in [-0.15, -0.1) is 0 Å². The van der Waals surface area contributed by atoms with Crippen LogP contribution in [0.5, 0.6) is 0 Å². The van der Waals surface area contributed by atoms with Crippen molar-refractivity contribution in [3.8, 4) is 0 Å². The van der Waals surface area contributed by atoms with Crippen LogP contribution in [-0.2, 0) is 22.2 Å². The molecule has 0 spiro atoms. The lowest BCUT2D eigenvalue weighted by Gasteiger charge is -2.42. The SMILES string of the molecule is CC(C)(C)[S@](=O)N[C@H](Cc1cc(F)c(F)cc1F)C1CC2CCC(C1)N2C(=O)CN. The normalized spacial score (nSPS) is 26.0. The van der Waals surface area contributed by atoms with Crippen LogP contribution in [0.4, 0.5) is 13.2 Å². The molecule has 2 saturated heterocycles.